The van der Waals surface area contributed by atoms with Crippen LogP contribution in [0, 0.1) is 0 Å². The molecule has 2 fully saturated rings. The highest BCUT2D eigenvalue weighted by Gasteiger charge is 2.15. The smallest absolute Gasteiger partial charge is 0.151 e. The monoisotopic (exact) mass is 530 g/mol. The second-order valence-electron chi connectivity index (χ2n) is 6.52. The number of rotatable bonds is 3. The Bertz CT molecular complexity index is 833. The first-order valence-electron chi connectivity index (χ1n) is 9.82. The molecule has 0 radical (unpaired) electrons. The van der Waals surface area contributed by atoms with E-state index in [0.717, 1.165) is 62.1 Å². The van der Waals surface area contributed by atoms with Gasteiger partial charge in [-0.2, -0.15) is 0 Å². The predicted molar refractivity (Wildman–Crippen MR) is 128 cm³/mol. The largest absolute Gasteiger partial charge is 0.379 e. The van der Waals surface area contributed by atoms with Crippen molar-refractivity contribution in [3.8, 4) is 0 Å². The predicted octanol–water partition coefficient (Wildman–Crippen LogP) is 4.51. The molecule has 2 saturated heterocycles. The number of anilines is 1. The van der Waals surface area contributed by atoms with Crippen LogP contribution in [-0.4, -0.2) is 65.2 Å². The normalized spacial score (nSPS) is 15.6. The molecule has 31 heavy (non-hydrogen) atoms. The number of hydrogen-bond acceptors (Lipinski definition) is 6. The molecule has 9 heteroatoms. The zero-order chi connectivity index (χ0) is 22.5. The molecule has 0 spiro atoms. The molecule has 0 bridgehead atoms. The molecule has 0 aromatic heterocycles. The Balaban J connectivity index is 0.000000183. The molecule has 2 aromatic carbocycles. The van der Waals surface area contributed by atoms with E-state index >= 15 is 0 Å². The molecule has 1 N–H and O–H groups in total. The molecule has 2 heterocycles. The third-order valence-corrected chi connectivity index (χ3v) is 6.16. The average molecular weight is 532 g/mol. The van der Waals surface area contributed by atoms with E-state index in [9.17, 15) is 9.59 Å². The van der Waals surface area contributed by atoms with Crippen LogP contribution in [0.1, 0.15) is 20.7 Å². The fourth-order valence-corrected chi connectivity index (χ4v) is 3.65. The molecule has 2 aliphatic heterocycles. The SMILES string of the molecule is C1COCCN1.O=Cc1cccc(Br)c1Cl.O=Cc1cccc(N2CCOCC2)c1Cl. The molecule has 2 aromatic rings. The van der Waals surface area contributed by atoms with E-state index in [2.05, 4.69) is 26.1 Å². The van der Waals surface area contributed by atoms with E-state index in [1.807, 2.05) is 12.1 Å². The summed E-state index contributed by atoms with van der Waals surface area (Å²) in [5.41, 5.74) is 1.97. The van der Waals surface area contributed by atoms with Crippen LogP contribution in [0.4, 0.5) is 5.69 Å². The molecule has 4 rings (SSSR count). The van der Waals surface area contributed by atoms with Crippen molar-refractivity contribution in [2.45, 2.75) is 0 Å². The maximum Gasteiger partial charge on any atom is 0.151 e. The van der Waals surface area contributed by atoms with Gasteiger partial charge in [-0.15, -0.1) is 0 Å². The Hall–Kier alpha value is -1.48. The van der Waals surface area contributed by atoms with Crippen molar-refractivity contribution in [2.24, 2.45) is 0 Å². The zero-order valence-electron chi connectivity index (χ0n) is 17.0. The van der Waals surface area contributed by atoms with Gasteiger partial charge < -0.3 is 19.7 Å². The van der Waals surface area contributed by atoms with Crippen molar-refractivity contribution in [1.82, 2.24) is 5.32 Å². The van der Waals surface area contributed by atoms with E-state index in [4.69, 9.17) is 32.7 Å². The number of hydrogen-bond donors (Lipinski definition) is 1. The van der Waals surface area contributed by atoms with Crippen LogP contribution in [0.2, 0.25) is 10.0 Å². The number of aldehydes is 2. The highest BCUT2D eigenvalue weighted by Crippen LogP contribution is 2.28. The minimum Gasteiger partial charge on any atom is -0.379 e. The highest BCUT2D eigenvalue weighted by molar-refractivity contribution is 9.10. The Labute approximate surface area is 200 Å². The summed E-state index contributed by atoms with van der Waals surface area (Å²) < 4.78 is 11.0. The summed E-state index contributed by atoms with van der Waals surface area (Å²) in [6.45, 7) is 6.90. The van der Waals surface area contributed by atoms with Crippen molar-refractivity contribution in [1.29, 1.82) is 0 Å². The van der Waals surface area contributed by atoms with Crippen LogP contribution in [0.3, 0.4) is 0 Å². The average Bonchev–Trinajstić information content (AvgIpc) is 2.83. The Kier molecular flexibility index (Phi) is 12.1. The summed E-state index contributed by atoms with van der Waals surface area (Å²) in [6.07, 6.45) is 1.51. The third kappa shape index (κ3) is 8.52. The molecular weight excluding hydrogens is 507 g/mol. The first-order valence-corrected chi connectivity index (χ1v) is 11.4. The molecule has 0 unspecified atom stereocenters. The molecule has 6 nitrogen and oxygen atoms in total. The lowest BCUT2D eigenvalue weighted by Gasteiger charge is -2.29. The van der Waals surface area contributed by atoms with Gasteiger partial charge in [0, 0.05) is 41.8 Å². The first kappa shape index (κ1) is 25.8. The topological polar surface area (TPSA) is 67.9 Å². The molecule has 0 saturated carbocycles. The molecule has 0 aliphatic carbocycles. The molecule has 0 amide bonds. The van der Waals surface area contributed by atoms with Gasteiger partial charge in [0.05, 0.1) is 42.2 Å². The van der Waals surface area contributed by atoms with E-state index in [1.165, 1.54) is 0 Å². The summed E-state index contributed by atoms with van der Waals surface area (Å²) in [4.78, 5) is 23.1. The number of ether oxygens (including phenoxy) is 2. The van der Waals surface area contributed by atoms with Gasteiger partial charge in [0.1, 0.15) is 0 Å². The lowest BCUT2D eigenvalue weighted by atomic mass is 10.2. The highest BCUT2D eigenvalue weighted by atomic mass is 79.9. The van der Waals surface area contributed by atoms with Crippen LogP contribution in [0.25, 0.3) is 0 Å². The molecular formula is C22H25BrCl2N2O4. The van der Waals surface area contributed by atoms with Crippen LogP contribution >= 0.6 is 39.1 Å². The van der Waals surface area contributed by atoms with Gasteiger partial charge in [-0.3, -0.25) is 9.59 Å². The minimum absolute atomic E-state index is 0.470. The molecule has 168 valence electrons. The fourth-order valence-electron chi connectivity index (χ4n) is 2.80. The van der Waals surface area contributed by atoms with Gasteiger partial charge in [0.15, 0.2) is 12.6 Å². The number of carbonyl (C=O) groups excluding carboxylic acids is 2. The summed E-state index contributed by atoms with van der Waals surface area (Å²) in [6, 6.07) is 10.7. The van der Waals surface area contributed by atoms with Crippen LogP contribution < -0.4 is 10.2 Å². The number of nitrogens with one attached hydrogen (secondary N) is 1. The summed E-state index contributed by atoms with van der Waals surface area (Å²) in [7, 11) is 0. The summed E-state index contributed by atoms with van der Waals surface area (Å²) in [5, 5.41) is 4.17. The van der Waals surface area contributed by atoms with E-state index in [1.54, 1.807) is 24.3 Å². The van der Waals surface area contributed by atoms with Gasteiger partial charge >= 0.3 is 0 Å². The van der Waals surface area contributed by atoms with Crippen molar-refractivity contribution in [3.05, 3.63) is 62.0 Å². The van der Waals surface area contributed by atoms with Gasteiger partial charge in [-0.1, -0.05) is 47.5 Å². The maximum absolute atomic E-state index is 10.7. The lowest BCUT2D eigenvalue weighted by Crippen LogP contribution is -2.36. The van der Waals surface area contributed by atoms with Crippen molar-refractivity contribution in [3.63, 3.8) is 0 Å². The van der Waals surface area contributed by atoms with Gasteiger partial charge in [-0.25, -0.2) is 0 Å². The Morgan fingerprint density at radius 3 is 1.87 bits per heavy atom. The number of morpholine rings is 2. The standard InChI is InChI=1S/C11H12ClNO2.C7H4BrClO.C4H9NO/c12-11-9(8-14)2-1-3-10(11)13-4-6-15-7-5-13;8-6-3-1-2-5(4-10)7(6)9;1-3-6-4-2-5-1/h1-3,8H,4-7H2;1-4H;5H,1-4H2. The second-order valence-corrected chi connectivity index (χ2v) is 8.13. The van der Waals surface area contributed by atoms with Crippen LogP contribution in [0.5, 0.6) is 0 Å². The van der Waals surface area contributed by atoms with Crippen molar-refractivity contribution >= 4 is 57.4 Å². The van der Waals surface area contributed by atoms with Gasteiger partial charge in [-0.05, 0) is 28.1 Å². The third-order valence-electron chi connectivity index (χ3n) is 4.44. The van der Waals surface area contributed by atoms with Gasteiger partial charge in [0.25, 0.3) is 0 Å². The Morgan fingerprint density at radius 1 is 0.839 bits per heavy atom. The maximum atomic E-state index is 10.7. The fraction of sp³-hybridized carbons (Fsp3) is 0.364. The Morgan fingerprint density at radius 2 is 1.39 bits per heavy atom. The van der Waals surface area contributed by atoms with Gasteiger partial charge in [0.2, 0.25) is 0 Å². The number of nitrogens with zero attached hydrogens (tertiary/aromatic N) is 1. The summed E-state index contributed by atoms with van der Waals surface area (Å²) in [5.74, 6) is 0. The molecule has 0 atom stereocenters. The lowest BCUT2D eigenvalue weighted by molar-refractivity contribution is 0.109. The second kappa shape index (κ2) is 14.6. The zero-order valence-corrected chi connectivity index (χ0v) is 20.1. The van der Waals surface area contributed by atoms with Crippen molar-refractivity contribution < 1.29 is 19.1 Å². The summed E-state index contributed by atoms with van der Waals surface area (Å²) >= 11 is 15.0. The van der Waals surface area contributed by atoms with Crippen molar-refractivity contribution in [2.75, 3.05) is 57.5 Å². The minimum atomic E-state index is 0.470. The van der Waals surface area contributed by atoms with Crippen LogP contribution in [-0.2, 0) is 9.47 Å². The quantitative estimate of drug-likeness (QED) is 0.588. The number of carbonyl (C=O) groups is 2. The van der Waals surface area contributed by atoms with E-state index in [-0.39, 0.29) is 0 Å². The van der Waals surface area contributed by atoms with Crippen LogP contribution in [0.15, 0.2) is 40.9 Å². The van der Waals surface area contributed by atoms with E-state index in [0.29, 0.717) is 34.4 Å². The first-order chi connectivity index (χ1) is 15.1. The number of halogens is 3. The number of benzene rings is 2. The van der Waals surface area contributed by atoms with E-state index < -0.39 is 0 Å². The molecule has 2 aliphatic rings.